The van der Waals surface area contributed by atoms with E-state index in [0.717, 1.165) is 23.7 Å². The summed E-state index contributed by atoms with van der Waals surface area (Å²) in [5, 5.41) is 4.25. The maximum absolute atomic E-state index is 5.22. The van der Waals surface area contributed by atoms with Crippen LogP contribution in [0.1, 0.15) is 17.4 Å². The number of nitrogens with zero attached hydrogens (tertiary/aromatic N) is 2. The third-order valence-electron chi connectivity index (χ3n) is 2.06. The van der Waals surface area contributed by atoms with Crippen molar-refractivity contribution in [2.75, 3.05) is 13.7 Å². The van der Waals surface area contributed by atoms with Gasteiger partial charge in [0.15, 0.2) is 0 Å². The number of hydrogen-bond donors (Lipinski definition) is 0. The highest BCUT2D eigenvalue weighted by atomic mass is 16.6. The maximum Gasteiger partial charge on any atom is 0.217 e. The Morgan fingerprint density at radius 3 is 2.83 bits per heavy atom. The van der Waals surface area contributed by atoms with Crippen LogP contribution in [0.5, 0.6) is 5.88 Å². The van der Waals surface area contributed by atoms with E-state index in [4.69, 9.17) is 9.47 Å². The van der Waals surface area contributed by atoms with Crippen molar-refractivity contribution in [3.05, 3.63) is 11.3 Å². The van der Waals surface area contributed by atoms with Gasteiger partial charge in [-0.15, -0.1) is 0 Å². The first kappa shape index (κ1) is 7.61. The van der Waals surface area contributed by atoms with Gasteiger partial charge < -0.3 is 9.47 Å². The zero-order chi connectivity index (χ0) is 8.72. The van der Waals surface area contributed by atoms with Crippen molar-refractivity contribution < 1.29 is 9.47 Å². The first-order valence-corrected chi connectivity index (χ1v) is 3.93. The molecule has 4 nitrogen and oxygen atoms in total. The van der Waals surface area contributed by atoms with Crippen LogP contribution >= 0.6 is 0 Å². The minimum absolute atomic E-state index is 0.216. The summed E-state index contributed by atoms with van der Waals surface area (Å²) < 4.78 is 12.2. The minimum atomic E-state index is 0.216. The SMILES string of the molecule is COc1c([C@H]2CO2)c(C)nn1C. The number of methoxy groups -OCH3 is 1. The molecule has 1 saturated heterocycles. The normalized spacial score (nSPS) is 21.1. The summed E-state index contributed by atoms with van der Waals surface area (Å²) in [5.41, 5.74) is 2.09. The third kappa shape index (κ3) is 0.992. The van der Waals surface area contributed by atoms with Gasteiger partial charge in [-0.1, -0.05) is 0 Å². The molecule has 4 heteroatoms. The molecule has 0 spiro atoms. The molecule has 66 valence electrons. The molecule has 12 heavy (non-hydrogen) atoms. The number of epoxide rings is 1. The quantitative estimate of drug-likeness (QED) is 0.613. The Hall–Kier alpha value is -1.03. The molecule has 1 atom stereocenters. The van der Waals surface area contributed by atoms with Crippen LogP contribution in [0, 0.1) is 6.92 Å². The fourth-order valence-corrected chi connectivity index (χ4v) is 1.48. The van der Waals surface area contributed by atoms with Crippen molar-refractivity contribution in [3.8, 4) is 5.88 Å². The average Bonchev–Trinajstić information content (AvgIpc) is 2.78. The van der Waals surface area contributed by atoms with Crippen LogP contribution in [0.25, 0.3) is 0 Å². The molecule has 0 aliphatic carbocycles. The predicted molar refractivity (Wildman–Crippen MR) is 43.2 cm³/mol. The lowest BCUT2D eigenvalue weighted by Gasteiger charge is -2.00. The predicted octanol–water partition coefficient (Wildman–Crippen LogP) is 0.808. The van der Waals surface area contributed by atoms with E-state index < -0.39 is 0 Å². The molecule has 0 N–H and O–H groups in total. The summed E-state index contributed by atoms with van der Waals surface area (Å²) in [6, 6.07) is 0. The lowest BCUT2D eigenvalue weighted by atomic mass is 10.2. The van der Waals surface area contributed by atoms with Gasteiger partial charge in [-0.25, -0.2) is 4.68 Å². The van der Waals surface area contributed by atoms with Gasteiger partial charge in [0.1, 0.15) is 6.10 Å². The van der Waals surface area contributed by atoms with Gasteiger partial charge >= 0.3 is 0 Å². The smallest absolute Gasteiger partial charge is 0.217 e. The van der Waals surface area contributed by atoms with Crippen molar-refractivity contribution in [3.63, 3.8) is 0 Å². The highest BCUT2D eigenvalue weighted by Crippen LogP contribution is 2.37. The molecule has 0 bridgehead atoms. The molecular formula is C8H12N2O2. The van der Waals surface area contributed by atoms with Gasteiger partial charge in [-0.2, -0.15) is 5.10 Å². The Bertz CT molecular complexity index is 302. The van der Waals surface area contributed by atoms with Crippen LogP contribution in [0.4, 0.5) is 0 Å². The molecule has 0 unspecified atom stereocenters. The number of aryl methyl sites for hydroxylation is 2. The summed E-state index contributed by atoms with van der Waals surface area (Å²) >= 11 is 0. The third-order valence-corrected chi connectivity index (χ3v) is 2.06. The summed E-state index contributed by atoms with van der Waals surface area (Å²) in [4.78, 5) is 0. The number of aromatic nitrogens is 2. The van der Waals surface area contributed by atoms with Crippen LogP contribution in [-0.2, 0) is 11.8 Å². The Kier molecular flexibility index (Phi) is 1.58. The second-order valence-corrected chi connectivity index (χ2v) is 2.95. The standard InChI is InChI=1S/C8H12N2O2/c1-5-7(6-4-12-6)8(11-3)10(2)9-5/h6H,4H2,1-3H3/t6-/m1/s1. The maximum atomic E-state index is 5.22. The Morgan fingerprint density at radius 2 is 2.33 bits per heavy atom. The lowest BCUT2D eigenvalue weighted by Crippen LogP contribution is -1.96. The highest BCUT2D eigenvalue weighted by Gasteiger charge is 2.32. The fraction of sp³-hybridized carbons (Fsp3) is 0.625. The van der Waals surface area contributed by atoms with Crippen LogP contribution in [0.2, 0.25) is 0 Å². The van der Waals surface area contributed by atoms with E-state index in [1.54, 1.807) is 11.8 Å². The first-order valence-electron chi connectivity index (χ1n) is 3.93. The molecule has 0 aromatic carbocycles. The van der Waals surface area contributed by atoms with E-state index >= 15 is 0 Å². The van der Waals surface area contributed by atoms with E-state index in [1.165, 1.54) is 0 Å². The van der Waals surface area contributed by atoms with Gasteiger partial charge in [0.25, 0.3) is 0 Å². The topological polar surface area (TPSA) is 39.6 Å². The zero-order valence-electron chi connectivity index (χ0n) is 7.50. The Balaban J connectivity index is 2.47. The van der Waals surface area contributed by atoms with Crippen molar-refractivity contribution in [2.24, 2.45) is 7.05 Å². The molecule has 1 aliphatic rings. The van der Waals surface area contributed by atoms with Gasteiger partial charge in [-0.05, 0) is 6.92 Å². The number of rotatable bonds is 2. The molecule has 0 amide bonds. The number of ether oxygens (including phenoxy) is 2. The highest BCUT2D eigenvalue weighted by molar-refractivity contribution is 5.35. The van der Waals surface area contributed by atoms with Crippen molar-refractivity contribution >= 4 is 0 Å². The minimum Gasteiger partial charge on any atom is -0.481 e. The van der Waals surface area contributed by atoms with Gasteiger partial charge in [0.2, 0.25) is 5.88 Å². The van der Waals surface area contributed by atoms with E-state index in [-0.39, 0.29) is 6.10 Å². The van der Waals surface area contributed by atoms with Crippen molar-refractivity contribution in [2.45, 2.75) is 13.0 Å². The molecule has 0 radical (unpaired) electrons. The summed E-state index contributed by atoms with van der Waals surface area (Å²) in [7, 11) is 3.53. The second kappa shape index (κ2) is 2.48. The van der Waals surface area contributed by atoms with Crippen molar-refractivity contribution in [1.82, 2.24) is 9.78 Å². The molecule has 1 aliphatic heterocycles. The Labute approximate surface area is 71.1 Å². The van der Waals surface area contributed by atoms with E-state index in [1.807, 2.05) is 14.0 Å². The summed E-state index contributed by atoms with van der Waals surface area (Å²) in [5.74, 6) is 0.815. The largest absolute Gasteiger partial charge is 0.481 e. The van der Waals surface area contributed by atoms with Crippen LogP contribution in [-0.4, -0.2) is 23.5 Å². The zero-order valence-corrected chi connectivity index (χ0v) is 7.50. The van der Waals surface area contributed by atoms with E-state index in [2.05, 4.69) is 5.10 Å². The first-order chi connectivity index (χ1) is 5.74. The van der Waals surface area contributed by atoms with Crippen LogP contribution in [0.3, 0.4) is 0 Å². The van der Waals surface area contributed by atoms with Gasteiger partial charge in [-0.3, -0.25) is 0 Å². The van der Waals surface area contributed by atoms with Crippen LogP contribution in [0.15, 0.2) is 0 Å². The lowest BCUT2D eigenvalue weighted by molar-refractivity contribution is 0.357. The van der Waals surface area contributed by atoms with Crippen molar-refractivity contribution in [1.29, 1.82) is 0 Å². The van der Waals surface area contributed by atoms with Crippen LogP contribution < -0.4 is 4.74 Å². The summed E-state index contributed by atoms with van der Waals surface area (Å²) in [6.07, 6.45) is 0.216. The molecule has 0 saturated carbocycles. The molecule has 1 aromatic heterocycles. The fourth-order valence-electron chi connectivity index (χ4n) is 1.48. The molecule has 2 rings (SSSR count). The van der Waals surface area contributed by atoms with Gasteiger partial charge in [0.05, 0.1) is 25.0 Å². The summed E-state index contributed by atoms with van der Waals surface area (Å²) in [6.45, 7) is 2.77. The van der Waals surface area contributed by atoms with Gasteiger partial charge in [0, 0.05) is 7.05 Å². The number of hydrogen-bond acceptors (Lipinski definition) is 3. The molecule has 1 aromatic rings. The van der Waals surface area contributed by atoms with E-state index in [9.17, 15) is 0 Å². The Morgan fingerprint density at radius 1 is 1.67 bits per heavy atom. The molecule has 2 heterocycles. The second-order valence-electron chi connectivity index (χ2n) is 2.95. The molecule has 1 fully saturated rings. The molecular weight excluding hydrogens is 156 g/mol. The van der Waals surface area contributed by atoms with E-state index in [0.29, 0.717) is 0 Å². The monoisotopic (exact) mass is 168 g/mol. The average molecular weight is 168 g/mol.